The van der Waals surface area contributed by atoms with Gasteiger partial charge in [-0.05, 0) is 53.5 Å². The third-order valence-corrected chi connectivity index (χ3v) is 5.93. The van der Waals surface area contributed by atoms with Crippen molar-refractivity contribution in [3.63, 3.8) is 0 Å². The molecule has 0 aliphatic heterocycles. The maximum atomic E-state index is 12.4. The van der Waals surface area contributed by atoms with Crippen molar-refractivity contribution >= 4 is 26.0 Å². The number of benzene rings is 1. The van der Waals surface area contributed by atoms with Crippen LogP contribution < -0.4 is 10.0 Å². The van der Waals surface area contributed by atoms with E-state index in [0.717, 1.165) is 18.4 Å². The van der Waals surface area contributed by atoms with Gasteiger partial charge in [-0.1, -0.05) is 6.07 Å². The molecule has 0 radical (unpaired) electrons. The van der Waals surface area contributed by atoms with Crippen LogP contribution in [0.1, 0.15) is 18.4 Å². The van der Waals surface area contributed by atoms with Crippen molar-refractivity contribution in [2.24, 2.45) is 0 Å². The molecule has 112 valence electrons. The fraction of sp³-hybridized carbons (Fsp3) is 0.538. The summed E-state index contributed by atoms with van der Waals surface area (Å²) in [5.41, 5.74) is 0.930. The number of nitrogens with one attached hydrogen (secondary N) is 2. The highest BCUT2D eigenvalue weighted by Gasteiger charge is 2.33. The highest BCUT2D eigenvalue weighted by atomic mass is 79.9. The summed E-state index contributed by atoms with van der Waals surface area (Å²) >= 11 is 3.31. The molecule has 0 unspecified atom stereocenters. The van der Waals surface area contributed by atoms with Crippen molar-refractivity contribution in [3.05, 3.63) is 28.2 Å². The van der Waals surface area contributed by atoms with Crippen LogP contribution in [0, 0.1) is 0 Å². The maximum Gasteiger partial charge on any atom is 0.241 e. The van der Waals surface area contributed by atoms with E-state index < -0.39 is 10.0 Å². The van der Waals surface area contributed by atoms with E-state index >= 15 is 0 Å². The van der Waals surface area contributed by atoms with E-state index in [1.807, 2.05) is 13.1 Å². The molecule has 5 nitrogen and oxygen atoms in total. The monoisotopic (exact) mass is 362 g/mol. The molecule has 0 bridgehead atoms. The Morgan fingerprint density at radius 1 is 1.40 bits per heavy atom. The summed E-state index contributed by atoms with van der Waals surface area (Å²) in [7, 11) is -0.0306. The second-order valence-electron chi connectivity index (χ2n) is 4.94. The normalized spacial score (nSPS) is 22.6. The molecule has 0 amide bonds. The molecule has 7 heteroatoms. The van der Waals surface area contributed by atoms with Gasteiger partial charge in [0.15, 0.2) is 0 Å². The molecule has 0 spiro atoms. The number of ether oxygens (including phenoxy) is 1. The molecule has 1 aromatic carbocycles. The Bertz CT molecular complexity index is 571. The van der Waals surface area contributed by atoms with E-state index in [0.29, 0.717) is 11.0 Å². The van der Waals surface area contributed by atoms with Gasteiger partial charge in [0.05, 0.1) is 11.0 Å². The van der Waals surface area contributed by atoms with E-state index in [-0.39, 0.29) is 17.0 Å². The van der Waals surface area contributed by atoms with Gasteiger partial charge in [0.1, 0.15) is 0 Å². The summed E-state index contributed by atoms with van der Waals surface area (Å²) in [4.78, 5) is 0.283. The molecule has 0 heterocycles. The predicted octanol–water partition coefficient (Wildman–Crippen LogP) is 1.62. The number of sulfonamides is 1. The van der Waals surface area contributed by atoms with Gasteiger partial charge in [-0.15, -0.1) is 0 Å². The Labute approximate surface area is 128 Å². The average Bonchev–Trinajstić information content (AvgIpc) is 2.35. The Balaban J connectivity index is 2.14. The van der Waals surface area contributed by atoms with Crippen LogP contribution >= 0.6 is 15.9 Å². The Morgan fingerprint density at radius 2 is 2.10 bits per heavy atom. The van der Waals surface area contributed by atoms with Crippen LogP contribution in [0.3, 0.4) is 0 Å². The first-order valence-electron chi connectivity index (χ1n) is 6.44. The molecular formula is C13H19BrN2O3S. The van der Waals surface area contributed by atoms with Crippen LogP contribution in [0.15, 0.2) is 27.6 Å². The largest absolute Gasteiger partial charge is 0.381 e. The Kier molecular flexibility index (Phi) is 5.19. The highest BCUT2D eigenvalue weighted by Crippen LogP contribution is 2.27. The van der Waals surface area contributed by atoms with Gasteiger partial charge >= 0.3 is 0 Å². The molecule has 1 saturated carbocycles. The molecule has 0 aromatic heterocycles. The number of halogens is 1. The van der Waals surface area contributed by atoms with Gasteiger partial charge in [0.25, 0.3) is 0 Å². The molecule has 20 heavy (non-hydrogen) atoms. The van der Waals surface area contributed by atoms with Crippen LogP contribution in [0.5, 0.6) is 0 Å². The van der Waals surface area contributed by atoms with Crippen LogP contribution in [0.4, 0.5) is 0 Å². The molecule has 1 fully saturated rings. The molecule has 1 aromatic rings. The lowest BCUT2D eigenvalue weighted by Crippen LogP contribution is -2.47. The summed E-state index contributed by atoms with van der Waals surface area (Å²) in [6.07, 6.45) is 1.62. The van der Waals surface area contributed by atoms with Crippen LogP contribution in [-0.2, 0) is 21.3 Å². The van der Waals surface area contributed by atoms with Crippen molar-refractivity contribution in [2.45, 2.75) is 36.4 Å². The smallest absolute Gasteiger partial charge is 0.241 e. The van der Waals surface area contributed by atoms with Crippen LogP contribution in [-0.4, -0.2) is 34.7 Å². The van der Waals surface area contributed by atoms with E-state index in [2.05, 4.69) is 26.0 Å². The number of hydrogen-bond acceptors (Lipinski definition) is 4. The van der Waals surface area contributed by atoms with Crippen molar-refractivity contribution in [1.29, 1.82) is 0 Å². The summed E-state index contributed by atoms with van der Waals surface area (Å²) in [5.74, 6) is 0. The zero-order valence-electron chi connectivity index (χ0n) is 11.5. The summed E-state index contributed by atoms with van der Waals surface area (Å²) in [6, 6.07) is 5.31. The predicted molar refractivity (Wildman–Crippen MR) is 81.0 cm³/mol. The van der Waals surface area contributed by atoms with Gasteiger partial charge in [-0.3, -0.25) is 0 Å². The molecule has 0 atom stereocenters. The van der Waals surface area contributed by atoms with Gasteiger partial charge in [0, 0.05) is 24.2 Å². The molecule has 1 aliphatic carbocycles. The SMILES string of the molecule is CNCc1ccc(Br)c(S(=O)(=O)NC2CC(OC)C2)c1. The van der Waals surface area contributed by atoms with E-state index in [1.54, 1.807) is 19.2 Å². The standard InChI is InChI=1S/C13H19BrN2O3S/c1-15-8-9-3-4-12(14)13(5-9)20(17,18)16-10-6-11(7-10)19-2/h3-5,10-11,15-16H,6-8H2,1-2H3. The molecule has 0 saturated heterocycles. The van der Waals surface area contributed by atoms with Crippen LogP contribution in [0.2, 0.25) is 0 Å². The van der Waals surface area contributed by atoms with Crippen molar-refractivity contribution in [2.75, 3.05) is 14.2 Å². The number of hydrogen-bond donors (Lipinski definition) is 2. The van der Waals surface area contributed by atoms with Gasteiger partial charge in [-0.2, -0.15) is 0 Å². The second kappa shape index (κ2) is 6.53. The summed E-state index contributed by atoms with van der Waals surface area (Å²) in [6.45, 7) is 0.630. The fourth-order valence-corrected chi connectivity index (χ4v) is 4.48. The topological polar surface area (TPSA) is 67.4 Å². The Hall–Kier alpha value is -0.470. The summed E-state index contributed by atoms with van der Waals surface area (Å²) < 4.78 is 33.3. The minimum atomic E-state index is -3.50. The lowest BCUT2D eigenvalue weighted by molar-refractivity contribution is 0.0236. The number of rotatable bonds is 6. The average molecular weight is 363 g/mol. The molecule has 1 aliphatic rings. The molecular weight excluding hydrogens is 344 g/mol. The summed E-state index contributed by atoms with van der Waals surface area (Å²) in [5, 5.41) is 3.01. The van der Waals surface area contributed by atoms with Crippen LogP contribution in [0.25, 0.3) is 0 Å². The van der Waals surface area contributed by atoms with Gasteiger partial charge in [0.2, 0.25) is 10.0 Å². The van der Waals surface area contributed by atoms with E-state index in [1.165, 1.54) is 0 Å². The molecule has 2 rings (SSSR count). The van der Waals surface area contributed by atoms with E-state index in [9.17, 15) is 8.42 Å². The Morgan fingerprint density at radius 3 is 2.70 bits per heavy atom. The first-order valence-corrected chi connectivity index (χ1v) is 8.72. The van der Waals surface area contributed by atoms with Gasteiger partial charge in [-0.25, -0.2) is 13.1 Å². The first-order chi connectivity index (χ1) is 9.46. The quantitative estimate of drug-likeness (QED) is 0.806. The number of methoxy groups -OCH3 is 1. The fourth-order valence-electron chi connectivity index (χ4n) is 2.21. The third kappa shape index (κ3) is 3.59. The molecule has 2 N–H and O–H groups in total. The van der Waals surface area contributed by atoms with Crippen molar-refractivity contribution in [1.82, 2.24) is 10.0 Å². The lowest BCUT2D eigenvalue weighted by atomic mass is 9.90. The minimum absolute atomic E-state index is 0.0372. The zero-order chi connectivity index (χ0) is 14.8. The minimum Gasteiger partial charge on any atom is -0.381 e. The van der Waals surface area contributed by atoms with E-state index in [4.69, 9.17) is 4.74 Å². The maximum absolute atomic E-state index is 12.4. The van der Waals surface area contributed by atoms with Crippen molar-refractivity contribution < 1.29 is 13.2 Å². The van der Waals surface area contributed by atoms with Crippen molar-refractivity contribution in [3.8, 4) is 0 Å². The highest BCUT2D eigenvalue weighted by molar-refractivity contribution is 9.10. The second-order valence-corrected chi connectivity index (χ2v) is 7.48. The first kappa shape index (κ1) is 15.9. The third-order valence-electron chi connectivity index (χ3n) is 3.42. The van der Waals surface area contributed by atoms with Gasteiger partial charge < -0.3 is 10.1 Å². The zero-order valence-corrected chi connectivity index (χ0v) is 13.9. The lowest BCUT2D eigenvalue weighted by Gasteiger charge is -2.34.